The SMILES string of the molecule is CO/C(C(=O)Oc1cccc(C=Nc2ccc(C(=O)O)cc2)c1)=C(/Br)c1ccc(OC)cc1. The average molecular weight is 510 g/mol. The number of carboxylic acid groups (broad SMARTS) is 1. The van der Waals surface area contributed by atoms with Crippen molar-refractivity contribution < 1.29 is 28.9 Å². The summed E-state index contributed by atoms with van der Waals surface area (Å²) in [4.78, 5) is 28.0. The molecule has 3 rings (SSSR count). The Bertz CT molecular complexity index is 1200. The van der Waals surface area contributed by atoms with E-state index in [-0.39, 0.29) is 11.3 Å². The van der Waals surface area contributed by atoms with E-state index in [1.54, 1.807) is 74.0 Å². The van der Waals surface area contributed by atoms with Gasteiger partial charge >= 0.3 is 11.9 Å². The molecule has 168 valence electrons. The standard InChI is InChI=1S/C25H20BrNO6/c1-31-20-12-8-17(9-13-20)22(26)23(32-2)25(30)33-21-5-3-4-16(14-21)15-27-19-10-6-18(7-11-19)24(28)29/h3-15H,1-2H3,(H,28,29)/b23-22+,27-15?. The van der Waals surface area contributed by atoms with Crippen LogP contribution < -0.4 is 9.47 Å². The average Bonchev–Trinajstić information content (AvgIpc) is 2.83. The Balaban J connectivity index is 1.75. The van der Waals surface area contributed by atoms with Gasteiger partial charge in [0, 0.05) is 6.21 Å². The van der Waals surface area contributed by atoms with Gasteiger partial charge in [-0.3, -0.25) is 4.99 Å². The molecule has 0 saturated carbocycles. The zero-order chi connectivity index (χ0) is 23.8. The molecule has 8 heteroatoms. The number of methoxy groups -OCH3 is 2. The first-order valence-corrected chi connectivity index (χ1v) is 10.5. The van der Waals surface area contributed by atoms with Crippen molar-refractivity contribution in [2.45, 2.75) is 0 Å². The van der Waals surface area contributed by atoms with Crippen molar-refractivity contribution in [3.8, 4) is 11.5 Å². The molecule has 0 unspecified atom stereocenters. The van der Waals surface area contributed by atoms with Crippen molar-refractivity contribution in [1.29, 1.82) is 0 Å². The largest absolute Gasteiger partial charge is 0.497 e. The summed E-state index contributed by atoms with van der Waals surface area (Å²) in [6.45, 7) is 0. The van der Waals surface area contributed by atoms with E-state index in [1.807, 2.05) is 0 Å². The Kier molecular flexibility index (Phi) is 7.99. The lowest BCUT2D eigenvalue weighted by molar-refractivity contribution is -0.133. The van der Waals surface area contributed by atoms with E-state index in [0.717, 1.165) is 5.56 Å². The van der Waals surface area contributed by atoms with Gasteiger partial charge in [0.2, 0.25) is 5.76 Å². The number of halogens is 1. The van der Waals surface area contributed by atoms with Crippen LogP contribution in [0.4, 0.5) is 5.69 Å². The first-order chi connectivity index (χ1) is 15.9. The van der Waals surface area contributed by atoms with Gasteiger partial charge < -0.3 is 19.3 Å². The summed E-state index contributed by atoms with van der Waals surface area (Å²) in [7, 11) is 2.96. The van der Waals surface area contributed by atoms with Gasteiger partial charge in [0.15, 0.2) is 0 Å². The molecule has 0 radical (unpaired) electrons. The number of ether oxygens (including phenoxy) is 3. The molecule has 3 aromatic rings. The lowest BCUT2D eigenvalue weighted by Gasteiger charge is -2.10. The summed E-state index contributed by atoms with van der Waals surface area (Å²) in [5.74, 6) is -0.647. The molecule has 0 aliphatic carbocycles. The zero-order valence-electron chi connectivity index (χ0n) is 17.8. The fourth-order valence-electron chi connectivity index (χ4n) is 2.78. The molecule has 3 aromatic carbocycles. The van der Waals surface area contributed by atoms with Crippen LogP contribution in [0.1, 0.15) is 21.5 Å². The minimum Gasteiger partial charge on any atom is -0.497 e. The highest BCUT2D eigenvalue weighted by atomic mass is 79.9. The smallest absolute Gasteiger partial charge is 0.380 e. The molecule has 1 N–H and O–H groups in total. The minimum absolute atomic E-state index is 0.0118. The van der Waals surface area contributed by atoms with Crippen molar-refractivity contribution in [1.82, 2.24) is 0 Å². The van der Waals surface area contributed by atoms with E-state index in [4.69, 9.17) is 19.3 Å². The van der Waals surface area contributed by atoms with Crippen LogP contribution in [-0.4, -0.2) is 37.5 Å². The molecule has 0 saturated heterocycles. The van der Waals surface area contributed by atoms with E-state index in [9.17, 15) is 9.59 Å². The van der Waals surface area contributed by atoms with E-state index < -0.39 is 11.9 Å². The number of hydrogen-bond acceptors (Lipinski definition) is 6. The van der Waals surface area contributed by atoms with Crippen molar-refractivity contribution in [2.24, 2.45) is 4.99 Å². The topological polar surface area (TPSA) is 94.4 Å². The maximum atomic E-state index is 12.7. The monoisotopic (exact) mass is 509 g/mol. The highest BCUT2D eigenvalue weighted by Crippen LogP contribution is 2.28. The van der Waals surface area contributed by atoms with E-state index in [2.05, 4.69) is 20.9 Å². The number of benzene rings is 3. The van der Waals surface area contributed by atoms with Gasteiger partial charge in [-0.2, -0.15) is 0 Å². The van der Waals surface area contributed by atoms with Gasteiger partial charge in [-0.05, 0) is 75.6 Å². The number of hydrogen-bond donors (Lipinski definition) is 1. The third-order valence-corrected chi connectivity index (χ3v) is 5.30. The molecule has 0 spiro atoms. The van der Waals surface area contributed by atoms with E-state index in [0.29, 0.717) is 27.2 Å². The third kappa shape index (κ3) is 6.30. The van der Waals surface area contributed by atoms with Gasteiger partial charge in [-0.25, -0.2) is 9.59 Å². The summed E-state index contributed by atoms with van der Waals surface area (Å²) >= 11 is 3.41. The Hall–Kier alpha value is -3.91. The maximum Gasteiger partial charge on any atom is 0.380 e. The Morgan fingerprint density at radius 1 is 0.909 bits per heavy atom. The van der Waals surface area contributed by atoms with Crippen LogP contribution in [0.15, 0.2) is 83.5 Å². The lowest BCUT2D eigenvalue weighted by Crippen LogP contribution is -2.13. The van der Waals surface area contributed by atoms with Crippen molar-refractivity contribution in [3.05, 3.63) is 95.2 Å². The van der Waals surface area contributed by atoms with Gasteiger partial charge in [0.05, 0.1) is 30.0 Å². The van der Waals surface area contributed by atoms with Gasteiger partial charge in [-0.1, -0.05) is 24.3 Å². The van der Waals surface area contributed by atoms with Crippen LogP contribution in [-0.2, 0) is 9.53 Å². The maximum absolute atomic E-state index is 12.7. The summed E-state index contributed by atoms with van der Waals surface area (Å²) in [6, 6.07) is 20.1. The van der Waals surface area contributed by atoms with E-state index >= 15 is 0 Å². The molecular weight excluding hydrogens is 490 g/mol. The molecule has 0 atom stereocenters. The summed E-state index contributed by atoms with van der Waals surface area (Å²) in [6.07, 6.45) is 1.59. The van der Waals surface area contributed by atoms with Gasteiger partial charge in [-0.15, -0.1) is 0 Å². The van der Waals surface area contributed by atoms with Crippen LogP contribution in [0, 0.1) is 0 Å². The van der Waals surface area contributed by atoms with Crippen LogP contribution >= 0.6 is 15.9 Å². The second kappa shape index (κ2) is 11.1. The normalized spacial score (nSPS) is 11.6. The van der Waals surface area contributed by atoms with Crippen molar-refractivity contribution >= 4 is 44.3 Å². The van der Waals surface area contributed by atoms with Gasteiger partial charge in [0.25, 0.3) is 0 Å². The lowest BCUT2D eigenvalue weighted by atomic mass is 10.2. The summed E-state index contributed by atoms with van der Waals surface area (Å²) in [5.41, 5.74) is 2.19. The molecule has 0 bridgehead atoms. The highest BCUT2D eigenvalue weighted by molar-refractivity contribution is 9.15. The highest BCUT2D eigenvalue weighted by Gasteiger charge is 2.19. The Morgan fingerprint density at radius 2 is 1.58 bits per heavy atom. The number of aliphatic imine (C=N–C) groups is 1. The zero-order valence-corrected chi connectivity index (χ0v) is 19.4. The molecular formula is C25H20BrNO6. The van der Waals surface area contributed by atoms with Crippen LogP contribution in [0.25, 0.3) is 4.48 Å². The van der Waals surface area contributed by atoms with Crippen molar-refractivity contribution in [2.75, 3.05) is 14.2 Å². The quantitative estimate of drug-likeness (QED) is 0.142. The first-order valence-electron chi connectivity index (χ1n) is 9.69. The second-order valence-electron chi connectivity index (χ2n) is 6.65. The predicted octanol–water partition coefficient (Wildman–Crippen LogP) is 5.46. The van der Waals surface area contributed by atoms with Gasteiger partial charge in [0.1, 0.15) is 11.5 Å². The Labute approximate surface area is 199 Å². The predicted molar refractivity (Wildman–Crippen MR) is 129 cm³/mol. The number of aromatic carboxylic acids is 1. The minimum atomic E-state index is -0.997. The summed E-state index contributed by atoms with van der Waals surface area (Å²) in [5, 5.41) is 8.96. The molecule has 0 aromatic heterocycles. The molecule has 33 heavy (non-hydrogen) atoms. The Morgan fingerprint density at radius 3 is 2.18 bits per heavy atom. The fourth-order valence-corrected chi connectivity index (χ4v) is 3.37. The number of esters is 1. The number of carboxylic acids is 1. The second-order valence-corrected chi connectivity index (χ2v) is 7.44. The molecule has 7 nitrogen and oxygen atoms in total. The fraction of sp³-hybridized carbons (Fsp3) is 0.0800. The van der Waals surface area contributed by atoms with E-state index in [1.165, 1.54) is 19.2 Å². The van der Waals surface area contributed by atoms with Crippen LogP contribution in [0.3, 0.4) is 0 Å². The molecule has 0 fully saturated rings. The van der Waals surface area contributed by atoms with Crippen LogP contribution in [0.2, 0.25) is 0 Å². The first kappa shape index (κ1) is 23.7. The summed E-state index contributed by atoms with van der Waals surface area (Å²) < 4.78 is 16.4. The number of rotatable bonds is 8. The molecule has 0 amide bonds. The van der Waals surface area contributed by atoms with Crippen molar-refractivity contribution in [3.63, 3.8) is 0 Å². The van der Waals surface area contributed by atoms with Crippen LogP contribution in [0.5, 0.6) is 11.5 Å². The molecule has 0 aliphatic rings. The number of nitrogens with zero attached hydrogens (tertiary/aromatic N) is 1. The number of carbonyl (C=O) groups is 2. The third-order valence-electron chi connectivity index (χ3n) is 4.48. The molecule has 0 aliphatic heterocycles. The number of carbonyl (C=O) groups excluding carboxylic acids is 1. The molecule has 0 heterocycles.